The van der Waals surface area contributed by atoms with Crippen molar-refractivity contribution in [1.82, 2.24) is 9.88 Å². The summed E-state index contributed by atoms with van der Waals surface area (Å²) < 4.78 is 0. The van der Waals surface area contributed by atoms with E-state index in [1.54, 1.807) is 11.3 Å². The third-order valence-corrected chi connectivity index (χ3v) is 3.65. The van der Waals surface area contributed by atoms with Crippen LogP contribution in [0.4, 0.5) is 0 Å². The molecule has 0 spiro atoms. The van der Waals surface area contributed by atoms with E-state index in [9.17, 15) is 4.79 Å². The highest BCUT2D eigenvalue weighted by atomic mass is 32.1. The largest absolute Gasteiger partial charge is 0.369 e. The minimum absolute atomic E-state index is 0.282. The second-order valence-electron chi connectivity index (χ2n) is 5.36. The Morgan fingerprint density at radius 2 is 2.11 bits per heavy atom. The van der Waals surface area contributed by atoms with Crippen LogP contribution >= 0.6 is 11.3 Å². The fourth-order valence-electron chi connectivity index (χ4n) is 1.81. The van der Waals surface area contributed by atoms with Crippen LogP contribution in [0.15, 0.2) is 5.38 Å². The molecule has 0 fully saturated rings. The van der Waals surface area contributed by atoms with Crippen LogP contribution in [0.5, 0.6) is 0 Å². The van der Waals surface area contributed by atoms with Gasteiger partial charge in [0.1, 0.15) is 0 Å². The SMILES string of the molecule is CC(C)CN(CC(N)=O)Cc1csc(C(C)C)n1. The van der Waals surface area contributed by atoms with Gasteiger partial charge in [-0.3, -0.25) is 9.69 Å². The summed E-state index contributed by atoms with van der Waals surface area (Å²) >= 11 is 1.68. The lowest BCUT2D eigenvalue weighted by molar-refractivity contribution is -0.119. The van der Waals surface area contributed by atoms with Crippen molar-refractivity contribution in [1.29, 1.82) is 0 Å². The van der Waals surface area contributed by atoms with Gasteiger partial charge in [0.25, 0.3) is 0 Å². The molecule has 5 heteroatoms. The van der Waals surface area contributed by atoms with Crippen molar-refractivity contribution in [3.63, 3.8) is 0 Å². The maximum atomic E-state index is 11.1. The van der Waals surface area contributed by atoms with Gasteiger partial charge in [-0.05, 0) is 5.92 Å². The van der Waals surface area contributed by atoms with Crippen molar-refractivity contribution in [2.45, 2.75) is 40.2 Å². The van der Waals surface area contributed by atoms with Gasteiger partial charge in [0.15, 0.2) is 0 Å². The lowest BCUT2D eigenvalue weighted by Crippen LogP contribution is -2.35. The fraction of sp³-hybridized carbons (Fsp3) is 0.692. The molecule has 0 saturated heterocycles. The number of carbonyl (C=O) groups is 1. The number of hydrogen-bond donors (Lipinski definition) is 1. The molecule has 1 rings (SSSR count). The van der Waals surface area contributed by atoms with Gasteiger partial charge in [-0.15, -0.1) is 11.3 Å². The van der Waals surface area contributed by atoms with E-state index < -0.39 is 0 Å². The maximum Gasteiger partial charge on any atom is 0.231 e. The van der Waals surface area contributed by atoms with Crippen molar-refractivity contribution in [2.24, 2.45) is 11.7 Å². The molecule has 2 N–H and O–H groups in total. The number of rotatable bonds is 7. The number of amides is 1. The molecule has 0 saturated carbocycles. The van der Waals surface area contributed by atoms with E-state index in [1.807, 2.05) is 0 Å². The first-order valence-electron chi connectivity index (χ1n) is 6.33. The van der Waals surface area contributed by atoms with Crippen molar-refractivity contribution in [3.8, 4) is 0 Å². The summed E-state index contributed by atoms with van der Waals surface area (Å²) in [5, 5.41) is 3.22. The number of nitrogens with zero attached hydrogens (tertiary/aromatic N) is 2. The van der Waals surface area contributed by atoms with E-state index in [0.717, 1.165) is 17.2 Å². The summed E-state index contributed by atoms with van der Waals surface area (Å²) in [5.41, 5.74) is 6.31. The Morgan fingerprint density at radius 3 is 2.56 bits per heavy atom. The van der Waals surface area contributed by atoms with E-state index >= 15 is 0 Å². The molecule has 0 aromatic carbocycles. The third kappa shape index (κ3) is 5.14. The minimum Gasteiger partial charge on any atom is -0.369 e. The summed E-state index contributed by atoms with van der Waals surface area (Å²) in [6, 6.07) is 0. The molecule has 0 aliphatic rings. The second-order valence-corrected chi connectivity index (χ2v) is 6.25. The van der Waals surface area contributed by atoms with Crippen LogP contribution in [0.2, 0.25) is 0 Å². The molecule has 0 radical (unpaired) electrons. The van der Waals surface area contributed by atoms with Crippen molar-refractivity contribution >= 4 is 17.2 Å². The molecule has 1 heterocycles. The van der Waals surface area contributed by atoms with E-state index in [0.29, 0.717) is 24.9 Å². The zero-order valence-electron chi connectivity index (χ0n) is 11.6. The molecule has 1 aromatic heterocycles. The lowest BCUT2D eigenvalue weighted by Gasteiger charge is -2.21. The van der Waals surface area contributed by atoms with Crippen molar-refractivity contribution in [3.05, 3.63) is 16.1 Å². The van der Waals surface area contributed by atoms with Crippen LogP contribution in [0.25, 0.3) is 0 Å². The molecule has 4 nitrogen and oxygen atoms in total. The van der Waals surface area contributed by atoms with Crippen LogP contribution < -0.4 is 5.73 Å². The Hall–Kier alpha value is -0.940. The number of primary amides is 1. The van der Waals surface area contributed by atoms with Gasteiger partial charge in [0.05, 0.1) is 17.2 Å². The van der Waals surface area contributed by atoms with E-state index in [-0.39, 0.29) is 5.91 Å². The summed E-state index contributed by atoms with van der Waals surface area (Å²) in [7, 11) is 0. The smallest absolute Gasteiger partial charge is 0.231 e. The molecule has 102 valence electrons. The Labute approximate surface area is 113 Å². The first-order chi connectivity index (χ1) is 8.38. The van der Waals surface area contributed by atoms with Gasteiger partial charge in [-0.2, -0.15) is 0 Å². The van der Waals surface area contributed by atoms with Crippen LogP contribution in [0.1, 0.15) is 44.3 Å². The van der Waals surface area contributed by atoms with Crippen LogP contribution in [-0.2, 0) is 11.3 Å². The number of hydrogen-bond acceptors (Lipinski definition) is 4. The van der Waals surface area contributed by atoms with Gasteiger partial charge >= 0.3 is 0 Å². The molecule has 0 atom stereocenters. The van der Waals surface area contributed by atoms with Gasteiger partial charge in [-0.25, -0.2) is 4.98 Å². The summed E-state index contributed by atoms with van der Waals surface area (Å²) in [6.07, 6.45) is 0. The molecule has 18 heavy (non-hydrogen) atoms. The molecule has 0 bridgehead atoms. The van der Waals surface area contributed by atoms with E-state index in [2.05, 4.69) is 43.0 Å². The molecule has 0 aliphatic carbocycles. The minimum atomic E-state index is -0.282. The lowest BCUT2D eigenvalue weighted by atomic mass is 10.2. The number of nitrogens with two attached hydrogens (primary N) is 1. The standard InChI is InChI=1S/C13H23N3OS/c1-9(2)5-16(7-12(14)17)6-11-8-18-13(15-11)10(3)4/h8-10H,5-7H2,1-4H3,(H2,14,17). The van der Waals surface area contributed by atoms with Crippen LogP contribution in [0, 0.1) is 5.92 Å². The Bertz CT molecular complexity index is 387. The van der Waals surface area contributed by atoms with Gasteiger partial charge in [0.2, 0.25) is 5.91 Å². The van der Waals surface area contributed by atoms with Crippen LogP contribution in [-0.4, -0.2) is 28.9 Å². The highest BCUT2D eigenvalue weighted by Crippen LogP contribution is 2.20. The highest BCUT2D eigenvalue weighted by molar-refractivity contribution is 7.09. The normalized spacial score (nSPS) is 11.7. The topological polar surface area (TPSA) is 59.2 Å². The monoisotopic (exact) mass is 269 g/mol. The molecule has 0 aliphatic heterocycles. The Balaban J connectivity index is 2.65. The number of thiazole rings is 1. The second kappa shape index (κ2) is 6.85. The Kier molecular flexibility index (Phi) is 5.75. The molecule has 1 amide bonds. The summed E-state index contributed by atoms with van der Waals surface area (Å²) in [5.74, 6) is 0.681. The summed E-state index contributed by atoms with van der Waals surface area (Å²) in [4.78, 5) is 17.7. The molecular weight excluding hydrogens is 246 g/mol. The zero-order chi connectivity index (χ0) is 13.7. The predicted molar refractivity (Wildman–Crippen MR) is 75.5 cm³/mol. The van der Waals surface area contributed by atoms with Crippen molar-refractivity contribution < 1.29 is 4.79 Å². The fourth-order valence-corrected chi connectivity index (χ4v) is 2.64. The number of aromatic nitrogens is 1. The molecule has 1 aromatic rings. The molecular formula is C13H23N3OS. The number of carbonyl (C=O) groups excluding carboxylic acids is 1. The van der Waals surface area contributed by atoms with Crippen molar-refractivity contribution in [2.75, 3.05) is 13.1 Å². The first-order valence-corrected chi connectivity index (χ1v) is 7.21. The predicted octanol–water partition coefficient (Wildman–Crippen LogP) is 2.21. The van der Waals surface area contributed by atoms with Crippen LogP contribution in [0.3, 0.4) is 0 Å². The van der Waals surface area contributed by atoms with Gasteiger partial charge in [-0.1, -0.05) is 27.7 Å². The average Bonchev–Trinajstić information content (AvgIpc) is 2.63. The summed E-state index contributed by atoms with van der Waals surface area (Å²) in [6.45, 7) is 10.4. The highest BCUT2D eigenvalue weighted by Gasteiger charge is 2.13. The van der Waals surface area contributed by atoms with E-state index in [1.165, 1.54) is 0 Å². The molecule has 0 unspecified atom stereocenters. The first kappa shape index (κ1) is 15.1. The Morgan fingerprint density at radius 1 is 1.44 bits per heavy atom. The van der Waals surface area contributed by atoms with E-state index in [4.69, 9.17) is 5.73 Å². The quantitative estimate of drug-likeness (QED) is 0.825. The average molecular weight is 269 g/mol. The maximum absolute atomic E-state index is 11.1. The zero-order valence-corrected chi connectivity index (χ0v) is 12.5. The van der Waals surface area contributed by atoms with Gasteiger partial charge < -0.3 is 5.73 Å². The van der Waals surface area contributed by atoms with Gasteiger partial charge in [0, 0.05) is 24.4 Å². The third-order valence-electron chi connectivity index (χ3n) is 2.45.